The van der Waals surface area contributed by atoms with Crippen LogP contribution in [0.2, 0.25) is 5.02 Å². The van der Waals surface area contributed by atoms with E-state index in [0.717, 1.165) is 128 Å². The number of nitrogen functional groups attached to an aromatic ring is 6. The fraction of sp³-hybridized carbons (Fsp3) is 0.180. The van der Waals surface area contributed by atoms with Crippen molar-refractivity contribution < 1.29 is 45.2 Å². The third kappa shape index (κ3) is 24.2. The molecule has 1 saturated heterocycles. The first kappa shape index (κ1) is 98.8. The highest BCUT2D eigenvalue weighted by molar-refractivity contribution is 7.10. The van der Waals surface area contributed by atoms with Gasteiger partial charge in [-0.2, -0.15) is 30.6 Å². The molecular formula is C100H106ClF2N36OS3+7. The van der Waals surface area contributed by atoms with Gasteiger partial charge >= 0.3 is 0 Å². The van der Waals surface area contributed by atoms with Crippen LogP contribution in [0.4, 0.5) is 8.78 Å². The van der Waals surface area contributed by atoms with Crippen molar-refractivity contribution in [3.8, 4) is 0 Å². The zero-order valence-corrected chi connectivity index (χ0v) is 82.4. The highest BCUT2D eigenvalue weighted by Gasteiger charge is 2.23. The summed E-state index contributed by atoms with van der Waals surface area (Å²) in [5, 5.41) is 94.2. The number of aromatic nitrogens is 22. The molecule has 0 bridgehead atoms. The van der Waals surface area contributed by atoms with E-state index >= 15 is 0 Å². The number of thiophene rings is 1. The fourth-order valence-corrected chi connectivity index (χ4v) is 18.4. The molecule has 19 N–H and O–H groups in total. The number of fused-ring (bicyclic) bond motifs is 7. The summed E-state index contributed by atoms with van der Waals surface area (Å²) in [7, 11) is 13.8. The van der Waals surface area contributed by atoms with Crippen molar-refractivity contribution in [1.82, 2.24) is 78.1 Å². The van der Waals surface area contributed by atoms with Crippen LogP contribution in [0.3, 0.4) is 0 Å². The van der Waals surface area contributed by atoms with Crippen LogP contribution < -0.4 is 66.4 Å². The number of likely N-dealkylation sites (tertiary alicyclic amines) is 1. The lowest BCUT2D eigenvalue weighted by atomic mass is 10.1. The molecule has 43 heteroatoms. The summed E-state index contributed by atoms with van der Waals surface area (Å²) < 4.78 is 61.0. The standard InChI is InChI=1S/C17H20N5S.C15H14ClFN5.C15H15FN5.C15H16N5.C13H14N5O.C13H14N5S.C12H13N6S/c1-20-8-4-13-5-9-22(15(13)10-20)11-16-19-14(12-23-16)17(18)21-6-2-3-7-21;1-21-3-2-9-6-20-22(14(9)8-21)7-11-12(16)4-10(15(18)19)5-13(11)17;1-20-5-4-11-7-19-21(14(11)9-20)8-12-3-2-10(15(17)18)6-13(12)16;1-19-7-6-13-8-18-20(14(13)10-19)9-11-2-4-12(5-3-11)15(16)17;2*1-17-3-2-9-5-16-18(12(9)7-17)6-11-4-10(8-19-11)13(14)15;1-17-3-2-8-4-15-18(10(8)5-17)6-11-16-9(7-19-11)12(13)14/h4-5,8-10,12,18H,2-3,6-7,11H2,1H3;2-6,8H,7H2,1H3,(H3,18,19);2-7,9H,8H2,1H3,(H3,17,18);2-8,10H,9H2,1H3,(H3,16,17);2*2-5,7-8H,6H2,1H3,(H3,14,15);2-5,7H,6H2,1H3,(H3,13,14)/q7*+1. The molecule has 18 aromatic heterocycles. The molecule has 1 fully saturated rings. The lowest BCUT2D eigenvalue weighted by Crippen LogP contribution is -2.27. The van der Waals surface area contributed by atoms with Gasteiger partial charge in [-0.3, -0.25) is 66.0 Å². The summed E-state index contributed by atoms with van der Waals surface area (Å²) in [6, 6.07) is 35.0. The molecule has 724 valence electrons. The van der Waals surface area contributed by atoms with Crippen LogP contribution in [0.1, 0.15) is 89.4 Å². The predicted molar refractivity (Wildman–Crippen MR) is 548 cm³/mol. The second-order valence-corrected chi connectivity index (χ2v) is 37.5. The number of aryl methyl sites for hydroxylation is 7. The van der Waals surface area contributed by atoms with Crippen LogP contribution in [0, 0.1) is 49.5 Å². The lowest BCUT2D eigenvalue weighted by molar-refractivity contribution is -0.670. The second kappa shape index (κ2) is 43.8. The summed E-state index contributed by atoms with van der Waals surface area (Å²) in [6.45, 7) is 5.78. The first-order chi connectivity index (χ1) is 68.7. The Morgan fingerprint density at radius 1 is 0.371 bits per heavy atom. The highest BCUT2D eigenvalue weighted by atomic mass is 35.5. The molecule has 0 radical (unpaired) electrons. The molecular weight excluding hydrogens is 1890 g/mol. The average molecular weight is 2000 g/mol. The molecule has 3 aromatic carbocycles. The van der Waals surface area contributed by atoms with Crippen LogP contribution >= 0.6 is 45.6 Å². The van der Waals surface area contributed by atoms with E-state index in [1.807, 2.05) is 254 Å². The largest absolute Gasteiger partial charge is 0.467 e. The van der Waals surface area contributed by atoms with Crippen molar-refractivity contribution in [1.29, 1.82) is 37.9 Å². The van der Waals surface area contributed by atoms with Gasteiger partial charge in [0.05, 0.1) is 88.6 Å². The predicted octanol–water partition coefficient (Wildman–Crippen LogP) is 9.59. The van der Waals surface area contributed by atoms with Crippen molar-refractivity contribution in [2.24, 2.45) is 83.7 Å². The Hall–Kier alpha value is -17.3. The van der Waals surface area contributed by atoms with Crippen molar-refractivity contribution in [3.05, 3.63) is 361 Å². The molecule has 22 rings (SSSR count). The monoisotopic (exact) mass is 2000 g/mol. The van der Waals surface area contributed by atoms with Crippen molar-refractivity contribution in [2.45, 2.75) is 58.7 Å². The molecule has 0 atom stereocenters. The van der Waals surface area contributed by atoms with Crippen molar-refractivity contribution >= 4 is 163 Å². The smallest absolute Gasteiger partial charge is 0.194 e. The molecule has 0 spiro atoms. The number of thiazole rings is 2. The number of hydrogen-bond donors (Lipinski definition) is 13. The van der Waals surface area contributed by atoms with Crippen molar-refractivity contribution in [3.63, 3.8) is 0 Å². The van der Waals surface area contributed by atoms with E-state index in [2.05, 4.69) is 104 Å². The van der Waals surface area contributed by atoms with Gasteiger partial charge in [-0.05, 0) is 54.8 Å². The van der Waals surface area contributed by atoms with Gasteiger partial charge in [0.1, 0.15) is 174 Å². The molecule has 0 aliphatic carbocycles. The van der Waals surface area contributed by atoms with E-state index in [1.54, 1.807) is 68.0 Å². The summed E-state index contributed by atoms with van der Waals surface area (Å²) in [6.07, 6.45) is 44.9. The number of pyridine rings is 7. The van der Waals surface area contributed by atoms with Gasteiger partial charge in [-0.15, -0.1) is 34.0 Å². The van der Waals surface area contributed by atoms with Gasteiger partial charge in [0.25, 0.3) is 0 Å². The number of rotatable bonds is 21. The second-order valence-electron chi connectivity index (χ2n) is 34.2. The van der Waals surface area contributed by atoms with Gasteiger partial charge in [0.2, 0.25) is 0 Å². The van der Waals surface area contributed by atoms with E-state index < -0.39 is 5.82 Å². The van der Waals surface area contributed by atoms with Crippen LogP contribution in [0.15, 0.2) is 272 Å². The van der Waals surface area contributed by atoms with E-state index in [0.29, 0.717) is 66.5 Å². The van der Waals surface area contributed by atoms with E-state index in [1.165, 1.54) is 59.5 Å². The third-order valence-corrected chi connectivity index (χ3v) is 26.3. The van der Waals surface area contributed by atoms with Gasteiger partial charge in [0, 0.05) is 159 Å². The number of nitrogens with two attached hydrogens (primary N) is 6. The number of amidine groups is 7. The molecule has 0 amide bonds. The van der Waals surface area contributed by atoms with E-state index in [-0.39, 0.29) is 58.0 Å². The van der Waals surface area contributed by atoms with Crippen LogP contribution in [-0.4, -0.2) is 132 Å². The fourth-order valence-electron chi connectivity index (χ4n) is 15.7. The molecule has 143 heavy (non-hydrogen) atoms. The quantitative estimate of drug-likeness (QED) is 0.0181. The summed E-state index contributed by atoms with van der Waals surface area (Å²) in [5.74, 6) is 0.267. The number of benzene rings is 3. The lowest BCUT2D eigenvalue weighted by Gasteiger charge is -2.16. The Morgan fingerprint density at radius 3 is 1.20 bits per heavy atom. The molecule has 0 saturated carbocycles. The molecule has 1 aliphatic heterocycles. The number of halogens is 3. The molecule has 0 unspecified atom stereocenters. The molecule has 37 nitrogen and oxygen atoms in total. The highest BCUT2D eigenvalue weighted by Crippen LogP contribution is 2.28. The summed E-state index contributed by atoms with van der Waals surface area (Å²) in [5.41, 5.74) is 45.9. The first-order valence-corrected chi connectivity index (χ1v) is 47.8. The minimum Gasteiger partial charge on any atom is -0.467 e. The molecule has 19 heterocycles. The Kier molecular flexibility index (Phi) is 30.3. The van der Waals surface area contributed by atoms with E-state index in [9.17, 15) is 8.78 Å². The van der Waals surface area contributed by atoms with Gasteiger partial charge in [0.15, 0.2) is 86.8 Å². The zero-order chi connectivity index (χ0) is 101. The van der Waals surface area contributed by atoms with E-state index in [4.69, 9.17) is 88.3 Å². The first-order valence-electron chi connectivity index (χ1n) is 44.8. The van der Waals surface area contributed by atoms with Crippen molar-refractivity contribution in [2.75, 3.05) is 13.1 Å². The summed E-state index contributed by atoms with van der Waals surface area (Å²) in [4.78, 5) is 12.3. The van der Waals surface area contributed by atoms with Crippen LogP contribution in [-0.2, 0) is 95.1 Å². The van der Waals surface area contributed by atoms with Crippen LogP contribution in [0.5, 0.6) is 0 Å². The maximum Gasteiger partial charge on any atom is 0.194 e. The van der Waals surface area contributed by atoms with Gasteiger partial charge in [-0.25, -0.2) is 50.7 Å². The maximum atomic E-state index is 14.3. The SMILES string of the molecule is C[n+]1ccc2ccn(Cc3nc(C(=N)N4CCCC4)cs3)c2c1.C[n+]1ccc2cnn(Cc3c(F)cc(C(=N)N)cc3Cl)c2c1.C[n+]1ccc2cnn(Cc3cc(C(=N)N)co3)c2c1.C[n+]1ccc2cnn(Cc3cc(C(=N)N)cs3)c2c1.C[n+]1ccc2cnn(Cc3ccc(C(=N)N)cc3)c2c1.C[n+]1ccc2cnn(Cc3ccc(C(=N)N)cc3F)c2c1.C[n+]1ccc2cnn(Cc3nc(C(=N)N)cs3)c2c1. The topological polar surface area (TPSA) is 504 Å². The molecule has 1 aliphatic rings. The maximum absolute atomic E-state index is 14.3. The summed E-state index contributed by atoms with van der Waals surface area (Å²) >= 11 is 10.9. The number of nitrogens with one attached hydrogen (secondary N) is 7. The zero-order valence-electron chi connectivity index (χ0n) is 79.2. The number of nitrogens with zero attached hydrogens (tertiary/aromatic N) is 23. The van der Waals surface area contributed by atoms with Crippen LogP contribution in [0.25, 0.3) is 76.3 Å². The Balaban J connectivity index is 0.000000120. The number of furan rings is 1. The Bertz CT molecular complexity index is 7990. The molecule has 21 aromatic rings. The Morgan fingerprint density at radius 2 is 0.769 bits per heavy atom. The third-order valence-electron chi connectivity index (χ3n) is 23.4. The Labute approximate surface area is 835 Å². The van der Waals surface area contributed by atoms with Gasteiger partial charge < -0.3 is 48.3 Å². The average Bonchev–Trinajstić information content (AvgIpc) is 1.72. The minimum atomic E-state index is -0.498. The normalized spacial score (nSPS) is 11.6. The van der Waals surface area contributed by atoms with Gasteiger partial charge in [-0.1, -0.05) is 48.0 Å². The number of hydrogen-bond acceptors (Lipinski definition) is 19. The minimum absolute atomic E-state index is 0.000719.